The topological polar surface area (TPSA) is 0 Å². The molecule has 0 aliphatic carbocycles. The summed E-state index contributed by atoms with van der Waals surface area (Å²) in [6.45, 7) is 0. The van der Waals surface area contributed by atoms with Crippen LogP contribution in [0.15, 0.2) is 0 Å². The van der Waals surface area contributed by atoms with Crippen molar-refractivity contribution in [3.8, 4) is 0 Å². The van der Waals surface area contributed by atoms with E-state index in [0.717, 1.165) is 0 Å². The molecule has 0 amide bonds. The predicted octanol–water partition coefficient (Wildman–Crippen LogP) is 29.2. The third-order valence-electron chi connectivity index (χ3n) is 0. The smallest absolute Gasteiger partial charge is 0.147 e. The van der Waals surface area contributed by atoms with Gasteiger partial charge in [0.1, 0.15) is 0 Å². The Balaban J connectivity index is 0. The lowest BCUT2D eigenvalue weighted by Gasteiger charge is -0.154. The second-order valence-corrected chi connectivity index (χ2v) is 0. The molecule has 0 nitrogen and oxygen atoms in total. The van der Waals surface area contributed by atoms with E-state index in [1.54, 1.807) is 0 Å². The van der Waals surface area contributed by atoms with E-state index >= 15 is 0 Å². The molecule has 0 rings (SSSR count). The van der Waals surface area contributed by atoms with E-state index in [0.29, 0.717) is 0 Å². The minimum Gasteiger partial charge on any atom is -0.153 e. The van der Waals surface area contributed by atoms with Gasteiger partial charge in [-0.3, -0.25) is 0 Å². The highest BCUT2D eigenvalue weighted by atomic mass is 35.5. The molecule has 0 heterocycles. The van der Waals surface area contributed by atoms with E-state index < -0.39 is 0 Å². The number of hydrogen-bond donors (Lipinski definition) is 0. The maximum absolute atomic E-state index is 0. The van der Waals surface area contributed by atoms with Crippen LogP contribution in [0.1, 0.15) is 0 Å². The van der Waals surface area contributed by atoms with Crippen molar-refractivity contribution in [1.29, 1.82) is 0 Å². The molecule has 70 heteroatoms. The van der Waals surface area contributed by atoms with Crippen molar-refractivity contribution in [2.45, 2.75) is 0 Å². The molecule has 1 atom stereocenters. The summed E-state index contributed by atoms with van der Waals surface area (Å²) < 4.78 is 0. The Kier molecular flexibility index (Phi) is 41400. The van der Waals surface area contributed by atoms with Gasteiger partial charge < -0.3 is 0 Å². The molecule has 0 radical (unpaired) electrons. The zero-order valence-corrected chi connectivity index (χ0v) is 86.6. The molecule has 0 aromatic rings. The van der Waals surface area contributed by atoms with Crippen molar-refractivity contribution in [2.75, 3.05) is 0 Å². The van der Waals surface area contributed by atoms with Gasteiger partial charge in [0.25, 0.3) is 0 Å². The van der Waals surface area contributed by atoms with Gasteiger partial charge in [0.15, 0.2) is 0 Å². The summed E-state index contributed by atoms with van der Waals surface area (Å²) in [5.41, 5.74) is 0. The predicted molar refractivity (Wildman–Crippen MR) is 511 cm³/mol. The minimum atomic E-state index is 0. The SMILES string of the molecule is Cl.Cl.Cl.Cl.Cl.Cl.Cl.Cl.Cl.Cl.Cl.Cl.Cl.Cl.Cl.Cl.Cl.Cl.Cl.Cl.Cl.Cl.Cl.Cl.Cl.Cl.Cl.Cl.Cl.Cl.Cl.Cl.Cl.Cl.Cl.Cl.Cl.Cl.Cl.Cl.Cl.Cl.Cl.Cl.Cl.Cl.Cl.Cl.Cl.Cl.Cl.Cl.Cl.Cl.Cl.Cl.Cl.Cl.Cl.Cl.Cl.Cl.Cl.Cl.Cl.Cl.Cl.Cl.Cl.P. The fourth-order valence-corrected chi connectivity index (χ4v) is 0. The molecule has 0 spiro atoms. The average molecular weight is 2550 g/mol. The summed E-state index contributed by atoms with van der Waals surface area (Å²) in [6.07, 6.45) is 0. The van der Waals surface area contributed by atoms with Crippen LogP contribution in [0.4, 0.5) is 0 Å². The minimum absolute atomic E-state index is 0. The molecule has 560 valence electrons. The fourth-order valence-electron chi connectivity index (χ4n) is 0. The molecule has 0 bridgehead atoms. The van der Waals surface area contributed by atoms with Gasteiger partial charge in [-0.15, -0.1) is 856 Å². The zero-order valence-electron chi connectivity index (χ0n) is 28.9. The summed E-state index contributed by atoms with van der Waals surface area (Å²) in [4.78, 5) is 0. The second-order valence-electron chi connectivity index (χ2n) is 0. The largest absolute Gasteiger partial charge is 0.153 e. The van der Waals surface area contributed by atoms with Crippen molar-refractivity contribution in [1.82, 2.24) is 0 Å². The molecule has 0 N–H and O–H groups in total. The van der Waals surface area contributed by atoms with Crippen molar-refractivity contribution in [3.05, 3.63) is 0 Å². The van der Waals surface area contributed by atoms with Gasteiger partial charge in [0, 0.05) is 0 Å². The van der Waals surface area contributed by atoms with E-state index in [9.17, 15) is 0 Å². The molecule has 70 heavy (non-hydrogen) atoms. The summed E-state index contributed by atoms with van der Waals surface area (Å²) in [7, 11) is 0. The van der Waals surface area contributed by atoms with Crippen molar-refractivity contribution in [2.24, 2.45) is 0 Å². The second kappa shape index (κ2) is 1670. The van der Waals surface area contributed by atoms with Crippen LogP contribution < -0.4 is 0 Å². The Morgan fingerprint density at radius 1 is 0.0286 bits per heavy atom. The molecule has 0 fully saturated rings. The van der Waals surface area contributed by atoms with Crippen LogP contribution >= 0.6 is 866 Å². The highest BCUT2D eigenvalue weighted by Crippen LogP contribution is 0.862. The van der Waals surface area contributed by atoms with Crippen LogP contribution in [-0.4, -0.2) is 0 Å². The van der Waals surface area contributed by atoms with Crippen molar-refractivity contribution < 1.29 is 0 Å². The number of rotatable bonds is 0. The molecule has 0 saturated carbocycles. The highest BCUT2D eigenvalue weighted by molar-refractivity contribution is 6.92. The van der Waals surface area contributed by atoms with Crippen LogP contribution in [0.3, 0.4) is 0 Å². The normalized spacial score (nSPS) is 0. The molecule has 0 aromatic heterocycles. The molecular formula is H72Cl69P. The highest BCUT2D eigenvalue weighted by Gasteiger charge is -0.0777. The van der Waals surface area contributed by atoms with E-state index in [1.807, 2.05) is 0 Å². The standard InChI is InChI=1S/69ClH.H3P/h69*1H;1H3. The average Bonchev–Trinajstić information content (AvgIpc) is 0. The molecular weight excluding hydrogens is 2480 g/mol. The summed E-state index contributed by atoms with van der Waals surface area (Å²) >= 11 is 0. The van der Waals surface area contributed by atoms with Crippen LogP contribution in [0, 0.1) is 0 Å². The summed E-state index contributed by atoms with van der Waals surface area (Å²) in [6, 6.07) is 0. The van der Waals surface area contributed by atoms with Crippen molar-refractivity contribution in [3.63, 3.8) is 0 Å². The Hall–Kier alpha value is 20.4. The van der Waals surface area contributed by atoms with Gasteiger partial charge in [-0.25, -0.2) is 0 Å². The third-order valence-corrected chi connectivity index (χ3v) is 0. The molecule has 0 saturated heterocycles. The quantitative estimate of drug-likeness (QED) is 0.212. The van der Waals surface area contributed by atoms with Crippen LogP contribution in [0.25, 0.3) is 0 Å². The van der Waals surface area contributed by atoms with Gasteiger partial charge in [-0.1, -0.05) is 0 Å². The van der Waals surface area contributed by atoms with E-state index in [2.05, 4.69) is 0 Å². The first-order valence-corrected chi connectivity index (χ1v) is 0. The van der Waals surface area contributed by atoms with E-state index in [4.69, 9.17) is 0 Å². The lowest BCUT2D eigenvalue weighted by atomic mass is 31.0. The van der Waals surface area contributed by atoms with E-state index in [1.165, 1.54) is 0 Å². The Labute approximate surface area is 850 Å². The molecule has 0 aliphatic heterocycles. The molecule has 1 unspecified atom stereocenters. The Bertz CT molecular complexity index is 7.56. The third kappa shape index (κ3) is 1620. The van der Waals surface area contributed by atoms with Crippen molar-refractivity contribution >= 4 is 866 Å². The lowest BCUT2D eigenvalue weighted by molar-refractivity contribution is 5.85. The maximum Gasteiger partial charge on any atom is -0.147 e. The van der Waals surface area contributed by atoms with Crippen LogP contribution in [-0.2, 0) is 0 Å². The number of halogens is 69. The van der Waals surface area contributed by atoms with Gasteiger partial charge in [-0.05, 0) is 0 Å². The zero-order chi connectivity index (χ0) is 0. The first kappa shape index (κ1) is 1730. The lowest BCUT2D eigenvalue weighted by Crippen LogP contribution is 0.688. The maximum atomic E-state index is 0. The Morgan fingerprint density at radius 3 is 0.0286 bits per heavy atom. The van der Waals surface area contributed by atoms with Gasteiger partial charge in [-0.2, -0.15) is 9.90 Å². The van der Waals surface area contributed by atoms with Gasteiger partial charge in [0.2, 0.25) is 0 Å². The number of hydrogen-bond acceptors (Lipinski definition) is 0. The van der Waals surface area contributed by atoms with E-state index in [-0.39, 0.29) is 866 Å². The summed E-state index contributed by atoms with van der Waals surface area (Å²) in [5, 5.41) is 0. The first-order valence-electron chi connectivity index (χ1n) is 0. The monoisotopic (exact) mass is 2520 g/mol. The summed E-state index contributed by atoms with van der Waals surface area (Å²) in [5.74, 6) is 0. The molecule has 0 aliphatic rings. The molecule has 0 aromatic carbocycles. The van der Waals surface area contributed by atoms with Gasteiger partial charge >= 0.3 is 0 Å². The van der Waals surface area contributed by atoms with Gasteiger partial charge in [0.05, 0.1) is 0 Å². The Morgan fingerprint density at radius 2 is 0.0286 bits per heavy atom. The van der Waals surface area contributed by atoms with Crippen LogP contribution in [0.2, 0.25) is 0 Å². The fraction of sp³-hybridized carbons (Fsp3) is 0. The first-order chi connectivity index (χ1) is 0. The van der Waals surface area contributed by atoms with Crippen LogP contribution in [0.5, 0.6) is 0 Å².